The molecule has 1 aliphatic carbocycles. The molecule has 0 unspecified atom stereocenters. The average molecular weight is 498 g/mol. The first-order valence-corrected chi connectivity index (χ1v) is 12.9. The van der Waals surface area contributed by atoms with Gasteiger partial charge >= 0.3 is 0 Å². The van der Waals surface area contributed by atoms with Gasteiger partial charge in [-0.15, -0.1) is 0 Å². The molecule has 35 heavy (non-hydrogen) atoms. The van der Waals surface area contributed by atoms with Gasteiger partial charge in [-0.05, 0) is 38.8 Å². The number of nitrogens with zero attached hydrogens (tertiary/aromatic N) is 5. The molecule has 0 aliphatic heterocycles. The molecule has 0 spiro atoms. The van der Waals surface area contributed by atoms with Gasteiger partial charge in [0.2, 0.25) is 0 Å². The Kier molecular flexibility index (Phi) is 7.20. The van der Waals surface area contributed by atoms with Crippen LogP contribution >= 0.6 is 0 Å². The quantitative estimate of drug-likeness (QED) is 0.506. The lowest BCUT2D eigenvalue weighted by Crippen LogP contribution is -2.31. The van der Waals surface area contributed by atoms with Gasteiger partial charge in [-0.1, -0.05) is 19.3 Å². The van der Waals surface area contributed by atoms with Crippen molar-refractivity contribution in [1.82, 2.24) is 34.8 Å². The molecule has 2 amide bonds. The monoisotopic (exact) mass is 497 g/mol. The number of amides is 2. The summed E-state index contributed by atoms with van der Waals surface area (Å²) in [5, 5.41) is 6.98. The van der Waals surface area contributed by atoms with Gasteiger partial charge in [0.1, 0.15) is 5.69 Å². The van der Waals surface area contributed by atoms with Gasteiger partial charge in [0.25, 0.3) is 21.8 Å². The Hall–Kier alpha value is -3.67. The van der Waals surface area contributed by atoms with Crippen molar-refractivity contribution in [2.24, 2.45) is 0 Å². The summed E-state index contributed by atoms with van der Waals surface area (Å²) >= 11 is 0. The van der Waals surface area contributed by atoms with Crippen LogP contribution < -0.4 is 10.0 Å². The Morgan fingerprint density at radius 2 is 1.80 bits per heavy atom. The van der Waals surface area contributed by atoms with Crippen LogP contribution in [0, 0.1) is 6.92 Å². The number of rotatable bonds is 7. The van der Waals surface area contributed by atoms with Gasteiger partial charge in [-0.2, -0.15) is 5.10 Å². The van der Waals surface area contributed by atoms with E-state index in [1.54, 1.807) is 30.9 Å². The standard InChI is InChI=1S/C23H27N7O4S/c1-15-21(26-11-10-24-15)16(2)28-23(32)20-12-19(8-9-25-20)35(33,34)29-22(31)17-13-27-30(14-17)18-6-4-3-5-7-18/h8-14,16,18H,3-7H2,1-2H3,(H,28,32)(H,29,31)/t16-/m1/s1. The zero-order valence-corrected chi connectivity index (χ0v) is 20.3. The molecule has 184 valence electrons. The highest BCUT2D eigenvalue weighted by atomic mass is 32.2. The number of hydrogen-bond donors (Lipinski definition) is 2. The average Bonchev–Trinajstić information content (AvgIpc) is 3.35. The maximum Gasteiger partial charge on any atom is 0.270 e. The number of aromatic nitrogens is 5. The van der Waals surface area contributed by atoms with Gasteiger partial charge in [0.15, 0.2) is 0 Å². The lowest BCUT2D eigenvalue weighted by atomic mass is 9.96. The van der Waals surface area contributed by atoms with Crippen molar-refractivity contribution >= 4 is 21.8 Å². The van der Waals surface area contributed by atoms with E-state index in [4.69, 9.17) is 0 Å². The molecule has 3 aromatic heterocycles. The summed E-state index contributed by atoms with van der Waals surface area (Å²) in [6.45, 7) is 3.52. The van der Waals surface area contributed by atoms with Crippen LogP contribution in [0.3, 0.4) is 0 Å². The first kappa shape index (κ1) is 24.5. The summed E-state index contributed by atoms with van der Waals surface area (Å²) in [7, 11) is -4.25. The fourth-order valence-corrected chi connectivity index (χ4v) is 5.11. The number of nitrogens with one attached hydrogen (secondary N) is 2. The van der Waals surface area contributed by atoms with Gasteiger partial charge in [0.05, 0.1) is 40.1 Å². The van der Waals surface area contributed by atoms with E-state index in [2.05, 4.69) is 25.4 Å². The number of aryl methyl sites for hydroxylation is 1. The number of pyridine rings is 1. The second-order valence-corrected chi connectivity index (χ2v) is 10.2. The highest BCUT2D eigenvalue weighted by Gasteiger charge is 2.24. The minimum atomic E-state index is -4.25. The predicted octanol–water partition coefficient (Wildman–Crippen LogP) is 2.49. The van der Waals surface area contributed by atoms with E-state index in [9.17, 15) is 18.0 Å². The normalized spacial score (nSPS) is 15.4. The van der Waals surface area contributed by atoms with E-state index < -0.39 is 27.9 Å². The molecule has 2 N–H and O–H groups in total. The third-order valence-electron chi connectivity index (χ3n) is 5.99. The molecular weight excluding hydrogens is 470 g/mol. The maximum atomic E-state index is 12.9. The summed E-state index contributed by atoms with van der Waals surface area (Å²) in [6.07, 6.45) is 12.6. The lowest BCUT2D eigenvalue weighted by molar-refractivity contribution is 0.0932. The predicted molar refractivity (Wildman–Crippen MR) is 126 cm³/mol. The molecular formula is C23H27N7O4S. The third-order valence-corrected chi connectivity index (χ3v) is 7.32. The van der Waals surface area contributed by atoms with Crippen molar-refractivity contribution in [3.05, 3.63) is 65.8 Å². The Bertz CT molecular complexity index is 1330. The lowest BCUT2D eigenvalue weighted by Gasteiger charge is -2.21. The Morgan fingerprint density at radius 3 is 2.54 bits per heavy atom. The molecule has 0 aromatic carbocycles. The topological polar surface area (TPSA) is 149 Å². The zero-order chi connectivity index (χ0) is 25.0. The van der Waals surface area contributed by atoms with E-state index in [1.165, 1.54) is 31.1 Å². The zero-order valence-electron chi connectivity index (χ0n) is 19.5. The molecule has 0 radical (unpaired) electrons. The molecule has 1 atom stereocenters. The van der Waals surface area contributed by atoms with Crippen LogP contribution in [0.4, 0.5) is 0 Å². The first-order chi connectivity index (χ1) is 16.7. The fourth-order valence-electron chi connectivity index (χ4n) is 4.13. The van der Waals surface area contributed by atoms with Gasteiger partial charge < -0.3 is 5.32 Å². The van der Waals surface area contributed by atoms with Crippen LogP contribution in [-0.2, 0) is 10.0 Å². The van der Waals surface area contributed by atoms with Crippen molar-refractivity contribution < 1.29 is 18.0 Å². The number of carbonyl (C=O) groups is 2. The van der Waals surface area contributed by atoms with Crippen molar-refractivity contribution in [1.29, 1.82) is 0 Å². The summed E-state index contributed by atoms with van der Waals surface area (Å²) < 4.78 is 29.5. The van der Waals surface area contributed by atoms with Crippen LogP contribution in [-0.4, -0.2) is 45.0 Å². The van der Waals surface area contributed by atoms with Crippen LogP contribution in [0.15, 0.2) is 48.0 Å². The van der Waals surface area contributed by atoms with E-state index in [1.807, 2.05) is 4.72 Å². The fraction of sp³-hybridized carbons (Fsp3) is 0.391. The van der Waals surface area contributed by atoms with Crippen molar-refractivity contribution in [3.63, 3.8) is 0 Å². The molecule has 1 saturated carbocycles. The Morgan fingerprint density at radius 1 is 1.06 bits per heavy atom. The van der Waals surface area contributed by atoms with E-state index in [-0.39, 0.29) is 22.2 Å². The van der Waals surface area contributed by atoms with E-state index in [0.717, 1.165) is 31.7 Å². The Balaban J connectivity index is 1.45. The van der Waals surface area contributed by atoms with Crippen molar-refractivity contribution in [3.8, 4) is 0 Å². The highest BCUT2D eigenvalue weighted by molar-refractivity contribution is 7.90. The molecule has 12 heteroatoms. The smallest absolute Gasteiger partial charge is 0.270 e. The molecule has 11 nitrogen and oxygen atoms in total. The molecule has 1 aliphatic rings. The Labute approximate surface area is 203 Å². The second-order valence-electron chi connectivity index (χ2n) is 8.53. The summed E-state index contributed by atoms with van der Waals surface area (Å²) in [5.41, 5.74) is 1.29. The van der Waals surface area contributed by atoms with E-state index >= 15 is 0 Å². The van der Waals surface area contributed by atoms with Crippen molar-refractivity contribution in [2.45, 2.75) is 62.9 Å². The van der Waals surface area contributed by atoms with Crippen LogP contribution in [0.25, 0.3) is 0 Å². The minimum Gasteiger partial charge on any atom is -0.343 e. The van der Waals surface area contributed by atoms with Crippen LogP contribution in [0.2, 0.25) is 0 Å². The summed E-state index contributed by atoms with van der Waals surface area (Å²) in [5.74, 6) is -1.37. The van der Waals surface area contributed by atoms with Gasteiger partial charge in [0, 0.05) is 24.8 Å². The van der Waals surface area contributed by atoms with Crippen LogP contribution in [0.5, 0.6) is 0 Å². The number of sulfonamides is 1. The summed E-state index contributed by atoms with van der Waals surface area (Å²) in [6, 6.07) is 2.08. The molecule has 0 bridgehead atoms. The third kappa shape index (κ3) is 5.70. The van der Waals surface area contributed by atoms with Gasteiger partial charge in [-0.25, -0.2) is 13.1 Å². The highest BCUT2D eigenvalue weighted by Crippen LogP contribution is 2.27. The van der Waals surface area contributed by atoms with E-state index in [0.29, 0.717) is 11.4 Å². The largest absolute Gasteiger partial charge is 0.343 e. The molecule has 0 saturated heterocycles. The molecule has 3 aromatic rings. The SMILES string of the molecule is Cc1nccnc1[C@@H](C)NC(=O)c1cc(S(=O)(=O)NC(=O)c2cnn(C3CCCCC3)c2)ccn1. The maximum absolute atomic E-state index is 12.9. The van der Waals surface area contributed by atoms with Gasteiger partial charge in [-0.3, -0.25) is 29.2 Å². The molecule has 3 heterocycles. The minimum absolute atomic E-state index is 0.112. The van der Waals surface area contributed by atoms with Crippen LogP contribution in [0.1, 0.15) is 83.3 Å². The number of hydrogen-bond acceptors (Lipinski definition) is 8. The summed E-state index contributed by atoms with van der Waals surface area (Å²) in [4.78, 5) is 37.4. The molecule has 1 fully saturated rings. The first-order valence-electron chi connectivity index (χ1n) is 11.4. The second kappa shape index (κ2) is 10.3. The van der Waals surface area contributed by atoms with Crippen molar-refractivity contribution in [2.75, 3.05) is 0 Å². The molecule has 4 rings (SSSR count). The number of carbonyl (C=O) groups excluding carboxylic acids is 2.